The van der Waals surface area contributed by atoms with Crippen LogP contribution in [0.3, 0.4) is 0 Å². The van der Waals surface area contributed by atoms with Gasteiger partial charge in [0, 0.05) is 30.9 Å². The van der Waals surface area contributed by atoms with E-state index in [2.05, 4.69) is 128 Å². The molecule has 5 nitrogen and oxygen atoms in total. The van der Waals surface area contributed by atoms with E-state index in [1.54, 1.807) is 0 Å². The summed E-state index contributed by atoms with van der Waals surface area (Å²) < 4.78 is 6.83. The Labute approximate surface area is 269 Å². The Balaban J connectivity index is 1.35. The standard InChI is InChI=1S/C38H52N4OS/c1-6-42(7-2)34(28-31-20-22-32(23-21-31)36(40(3)4)35-19-14-26-44-35)37-39-33(27-30-17-12-9-13-18-30)38(43-37)41(5)25-24-29-15-10-8-11-16-29/h8-19,26,31-32,34,36H,6-7,20-25,27-28H2,1-5H3. The number of thiophene rings is 1. The summed E-state index contributed by atoms with van der Waals surface area (Å²) in [5.74, 6) is 3.22. The van der Waals surface area contributed by atoms with E-state index in [-0.39, 0.29) is 6.04 Å². The fourth-order valence-corrected chi connectivity index (χ4v) is 8.26. The lowest BCUT2D eigenvalue weighted by molar-refractivity contribution is 0.113. The molecular weight excluding hydrogens is 561 g/mol. The van der Waals surface area contributed by atoms with Crippen LogP contribution in [0.25, 0.3) is 0 Å². The summed E-state index contributed by atoms with van der Waals surface area (Å²) in [5.41, 5.74) is 3.66. The number of aromatic nitrogens is 1. The number of anilines is 1. The fourth-order valence-electron chi connectivity index (χ4n) is 7.24. The Morgan fingerprint density at radius 1 is 0.841 bits per heavy atom. The van der Waals surface area contributed by atoms with Crippen LogP contribution in [-0.4, -0.2) is 55.6 Å². The van der Waals surface area contributed by atoms with Crippen LogP contribution in [-0.2, 0) is 12.8 Å². The highest BCUT2D eigenvalue weighted by molar-refractivity contribution is 7.10. The van der Waals surface area contributed by atoms with Crippen molar-refractivity contribution in [3.05, 3.63) is 106 Å². The molecule has 1 aliphatic carbocycles. The predicted octanol–water partition coefficient (Wildman–Crippen LogP) is 8.89. The quantitative estimate of drug-likeness (QED) is 0.134. The van der Waals surface area contributed by atoms with Gasteiger partial charge < -0.3 is 14.2 Å². The van der Waals surface area contributed by atoms with Crippen LogP contribution in [0.5, 0.6) is 0 Å². The van der Waals surface area contributed by atoms with Gasteiger partial charge in [0.25, 0.3) is 0 Å². The minimum absolute atomic E-state index is 0.194. The summed E-state index contributed by atoms with van der Waals surface area (Å²) in [4.78, 5) is 14.1. The Hall–Kier alpha value is -2.93. The van der Waals surface area contributed by atoms with Crippen LogP contribution in [0.4, 0.5) is 5.88 Å². The molecule has 2 heterocycles. The average Bonchev–Trinajstić information content (AvgIpc) is 3.72. The molecule has 1 saturated carbocycles. The van der Waals surface area contributed by atoms with Gasteiger partial charge in [0.05, 0.1) is 6.04 Å². The van der Waals surface area contributed by atoms with Crippen LogP contribution in [0.2, 0.25) is 0 Å². The van der Waals surface area contributed by atoms with Crippen molar-refractivity contribution in [2.45, 2.75) is 70.9 Å². The molecule has 1 fully saturated rings. The molecule has 236 valence electrons. The third-order valence-electron chi connectivity index (χ3n) is 9.66. The normalized spacial score (nSPS) is 18.5. The lowest BCUT2D eigenvalue weighted by Crippen LogP contribution is -2.33. The molecule has 0 N–H and O–H groups in total. The van der Waals surface area contributed by atoms with Crippen LogP contribution in [0.1, 0.15) is 85.6 Å². The minimum Gasteiger partial charge on any atom is -0.423 e. The van der Waals surface area contributed by atoms with Crippen LogP contribution < -0.4 is 4.90 Å². The molecule has 0 aliphatic heterocycles. The molecule has 0 amide bonds. The Morgan fingerprint density at radius 2 is 1.50 bits per heavy atom. The number of benzene rings is 2. The molecule has 0 saturated heterocycles. The zero-order valence-electron chi connectivity index (χ0n) is 27.5. The third-order valence-corrected chi connectivity index (χ3v) is 10.6. The maximum Gasteiger partial charge on any atom is 0.219 e. The SMILES string of the molecule is CCN(CC)C(CC1CCC(C(c2cccs2)N(C)C)CC1)c1nc(Cc2ccccc2)c(N(C)CCc2ccccc2)o1. The molecule has 44 heavy (non-hydrogen) atoms. The lowest BCUT2D eigenvalue weighted by Gasteiger charge is -2.38. The number of likely N-dealkylation sites (N-methyl/N-ethyl adjacent to an activating group) is 1. The van der Waals surface area contributed by atoms with Crippen molar-refractivity contribution in [2.24, 2.45) is 11.8 Å². The minimum atomic E-state index is 0.194. The van der Waals surface area contributed by atoms with E-state index in [0.717, 1.165) is 62.3 Å². The van der Waals surface area contributed by atoms with Gasteiger partial charge >= 0.3 is 0 Å². The lowest BCUT2D eigenvalue weighted by atomic mass is 9.75. The number of rotatable bonds is 15. The van der Waals surface area contributed by atoms with E-state index in [0.29, 0.717) is 12.0 Å². The van der Waals surface area contributed by atoms with Crippen molar-refractivity contribution in [1.82, 2.24) is 14.8 Å². The molecule has 2 atom stereocenters. The zero-order valence-corrected chi connectivity index (χ0v) is 28.3. The van der Waals surface area contributed by atoms with Gasteiger partial charge in [0.2, 0.25) is 11.8 Å². The van der Waals surface area contributed by atoms with Gasteiger partial charge in [-0.1, -0.05) is 93.4 Å². The second-order valence-electron chi connectivity index (χ2n) is 12.8. The maximum atomic E-state index is 6.83. The van der Waals surface area contributed by atoms with Gasteiger partial charge in [-0.2, -0.15) is 0 Å². The van der Waals surface area contributed by atoms with E-state index in [9.17, 15) is 0 Å². The molecule has 1 aliphatic rings. The number of oxazole rings is 1. The van der Waals surface area contributed by atoms with Gasteiger partial charge in [-0.15, -0.1) is 11.3 Å². The summed E-state index contributed by atoms with van der Waals surface area (Å²) in [5, 5.41) is 2.22. The molecule has 0 bridgehead atoms. The smallest absolute Gasteiger partial charge is 0.219 e. The van der Waals surface area contributed by atoms with Gasteiger partial charge in [0.15, 0.2) is 0 Å². The first-order chi connectivity index (χ1) is 21.5. The molecule has 0 spiro atoms. The van der Waals surface area contributed by atoms with Gasteiger partial charge in [-0.3, -0.25) is 4.90 Å². The Bertz CT molecular complexity index is 1360. The number of hydrogen-bond donors (Lipinski definition) is 0. The van der Waals surface area contributed by atoms with Crippen LogP contribution >= 0.6 is 11.3 Å². The highest BCUT2D eigenvalue weighted by Gasteiger charge is 2.34. The Kier molecular flexibility index (Phi) is 11.7. The molecule has 4 aromatic rings. The van der Waals surface area contributed by atoms with E-state index >= 15 is 0 Å². The van der Waals surface area contributed by atoms with Crippen molar-refractivity contribution in [3.8, 4) is 0 Å². The molecule has 2 aromatic carbocycles. The van der Waals surface area contributed by atoms with Crippen LogP contribution in [0.15, 0.2) is 82.6 Å². The molecular formula is C38H52N4OS. The first kappa shape index (κ1) is 32.5. The van der Waals surface area contributed by atoms with Gasteiger partial charge in [0.1, 0.15) is 5.69 Å². The molecule has 6 heteroatoms. The van der Waals surface area contributed by atoms with Crippen LogP contribution in [0, 0.1) is 11.8 Å². The van der Waals surface area contributed by atoms with Gasteiger partial charge in [-0.05, 0) is 87.3 Å². The first-order valence-electron chi connectivity index (χ1n) is 16.7. The van der Waals surface area contributed by atoms with E-state index < -0.39 is 0 Å². The third kappa shape index (κ3) is 8.21. The summed E-state index contributed by atoms with van der Waals surface area (Å²) >= 11 is 1.91. The van der Waals surface area contributed by atoms with Crippen molar-refractivity contribution >= 4 is 17.2 Å². The van der Waals surface area contributed by atoms with E-state index in [1.807, 2.05) is 11.3 Å². The molecule has 2 unspecified atom stereocenters. The monoisotopic (exact) mass is 612 g/mol. The highest BCUT2D eigenvalue weighted by atomic mass is 32.1. The van der Waals surface area contributed by atoms with Crippen molar-refractivity contribution in [2.75, 3.05) is 45.7 Å². The largest absolute Gasteiger partial charge is 0.423 e. The summed E-state index contributed by atoms with van der Waals surface area (Å²) in [7, 11) is 6.65. The topological polar surface area (TPSA) is 35.8 Å². The maximum absolute atomic E-state index is 6.83. The van der Waals surface area contributed by atoms with Crippen molar-refractivity contribution < 1.29 is 4.42 Å². The number of hydrogen-bond acceptors (Lipinski definition) is 6. The van der Waals surface area contributed by atoms with Gasteiger partial charge in [-0.25, -0.2) is 4.98 Å². The molecule has 0 radical (unpaired) electrons. The van der Waals surface area contributed by atoms with E-state index in [4.69, 9.17) is 9.40 Å². The van der Waals surface area contributed by atoms with Crippen molar-refractivity contribution in [3.63, 3.8) is 0 Å². The summed E-state index contributed by atoms with van der Waals surface area (Å²) in [6.45, 7) is 7.42. The second-order valence-corrected chi connectivity index (χ2v) is 13.8. The summed E-state index contributed by atoms with van der Waals surface area (Å²) in [6, 6.07) is 26.7. The highest BCUT2D eigenvalue weighted by Crippen LogP contribution is 2.44. The average molecular weight is 613 g/mol. The first-order valence-corrected chi connectivity index (χ1v) is 17.6. The fraction of sp³-hybridized carbons (Fsp3) is 0.500. The second kappa shape index (κ2) is 15.9. The molecule has 5 rings (SSSR count). The van der Waals surface area contributed by atoms with E-state index in [1.165, 1.54) is 41.7 Å². The summed E-state index contributed by atoms with van der Waals surface area (Å²) in [6.07, 6.45) is 7.99. The predicted molar refractivity (Wildman–Crippen MR) is 186 cm³/mol. The number of nitrogens with zero attached hydrogens (tertiary/aromatic N) is 4. The zero-order chi connectivity index (χ0) is 30.9. The Morgan fingerprint density at radius 3 is 2.09 bits per heavy atom. The van der Waals surface area contributed by atoms with Crippen molar-refractivity contribution in [1.29, 1.82) is 0 Å². The molecule has 2 aromatic heterocycles.